The van der Waals surface area contributed by atoms with Crippen molar-refractivity contribution in [3.8, 4) is 0 Å². The van der Waals surface area contributed by atoms with Gasteiger partial charge in [-0.2, -0.15) is 0 Å². The first-order valence-electron chi connectivity index (χ1n) is 4.13. The Hall–Kier alpha value is -0.830. The van der Waals surface area contributed by atoms with Crippen molar-refractivity contribution in [1.29, 1.82) is 0 Å². The van der Waals surface area contributed by atoms with Gasteiger partial charge < -0.3 is 9.84 Å². The monoisotopic (exact) mass is 170 g/mol. The Morgan fingerprint density at radius 3 is 2.67 bits per heavy atom. The summed E-state index contributed by atoms with van der Waals surface area (Å²) in [6.07, 6.45) is 4.14. The van der Waals surface area contributed by atoms with E-state index in [1.165, 1.54) is 0 Å². The molecule has 3 nitrogen and oxygen atoms in total. The van der Waals surface area contributed by atoms with Gasteiger partial charge >= 0.3 is 5.97 Å². The Morgan fingerprint density at radius 1 is 1.67 bits per heavy atom. The van der Waals surface area contributed by atoms with E-state index < -0.39 is 11.4 Å². The summed E-state index contributed by atoms with van der Waals surface area (Å²) in [5, 5.41) is 8.88. The third-order valence-electron chi connectivity index (χ3n) is 2.38. The predicted octanol–water partition coefficient (Wildman–Crippen LogP) is 1.44. The second kappa shape index (κ2) is 3.72. The zero-order chi connectivity index (χ0) is 9.03. The molecule has 1 aliphatic rings. The van der Waals surface area contributed by atoms with E-state index in [0.29, 0.717) is 13.2 Å². The minimum Gasteiger partial charge on any atom is -0.481 e. The molecule has 0 atom stereocenters. The standard InChI is InChI=1S/C9H14O3/c1-2-6-12-7-9(8(10)11)4-3-5-9/h2H,1,3-7H2,(H,10,11). The SMILES string of the molecule is C=CCOCC1(C(=O)O)CCC1. The highest BCUT2D eigenvalue weighted by Crippen LogP contribution is 2.41. The molecule has 1 N–H and O–H groups in total. The highest BCUT2D eigenvalue weighted by molar-refractivity contribution is 5.75. The van der Waals surface area contributed by atoms with Gasteiger partial charge in [0.15, 0.2) is 0 Å². The quantitative estimate of drug-likeness (QED) is 0.501. The van der Waals surface area contributed by atoms with Gasteiger partial charge in [-0.15, -0.1) is 6.58 Å². The summed E-state index contributed by atoms with van der Waals surface area (Å²) in [5.41, 5.74) is -0.580. The molecule has 0 aromatic heterocycles. The molecular weight excluding hydrogens is 156 g/mol. The highest BCUT2D eigenvalue weighted by Gasteiger charge is 2.44. The lowest BCUT2D eigenvalue weighted by molar-refractivity contribution is -0.159. The molecule has 0 saturated heterocycles. The average Bonchev–Trinajstić information content (AvgIpc) is 1.94. The smallest absolute Gasteiger partial charge is 0.311 e. The Kier molecular flexibility index (Phi) is 2.87. The van der Waals surface area contributed by atoms with Crippen LogP contribution in [0.5, 0.6) is 0 Å². The Balaban J connectivity index is 2.34. The van der Waals surface area contributed by atoms with Gasteiger partial charge in [0.25, 0.3) is 0 Å². The summed E-state index contributed by atoms with van der Waals surface area (Å²) < 4.78 is 5.15. The molecule has 0 unspecified atom stereocenters. The summed E-state index contributed by atoms with van der Waals surface area (Å²) in [5.74, 6) is -0.724. The van der Waals surface area contributed by atoms with Crippen molar-refractivity contribution in [2.45, 2.75) is 19.3 Å². The first-order chi connectivity index (χ1) is 5.71. The van der Waals surface area contributed by atoms with Crippen LogP contribution in [0.25, 0.3) is 0 Å². The van der Waals surface area contributed by atoms with Gasteiger partial charge in [-0.1, -0.05) is 12.5 Å². The number of ether oxygens (including phenoxy) is 1. The maximum absolute atomic E-state index is 10.8. The van der Waals surface area contributed by atoms with Gasteiger partial charge in [0, 0.05) is 0 Å². The van der Waals surface area contributed by atoms with Gasteiger partial charge in [-0.25, -0.2) is 0 Å². The van der Waals surface area contributed by atoms with Gasteiger partial charge in [-0.05, 0) is 12.8 Å². The number of rotatable bonds is 5. The number of aliphatic carboxylic acids is 1. The van der Waals surface area contributed by atoms with Crippen LogP contribution in [0.3, 0.4) is 0 Å². The van der Waals surface area contributed by atoms with Gasteiger partial charge in [0.2, 0.25) is 0 Å². The summed E-state index contributed by atoms with van der Waals surface area (Å²) in [4.78, 5) is 10.8. The number of carboxylic acids is 1. The molecule has 0 aliphatic heterocycles. The normalized spacial score (nSPS) is 19.7. The lowest BCUT2D eigenvalue weighted by atomic mass is 9.69. The lowest BCUT2D eigenvalue weighted by Crippen LogP contribution is -2.42. The van der Waals surface area contributed by atoms with Crippen LogP contribution in [0.2, 0.25) is 0 Å². The molecule has 1 fully saturated rings. The van der Waals surface area contributed by atoms with Crippen LogP contribution >= 0.6 is 0 Å². The van der Waals surface area contributed by atoms with Crippen molar-refractivity contribution >= 4 is 5.97 Å². The van der Waals surface area contributed by atoms with Crippen LogP contribution in [-0.2, 0) is 9.53 Å². The molecule has 0 bridgehead atoms. The molecule has 1 saturated carbocycles. The van der Waals surface area contributed by atoms with Crippen LogP contribution in [0, 0.1) is 5.41 Å². The second-order valence-electron chi connectivity index (χ2n) is 3.24. The van der Waals surface area contributed by atoms with Crippen LogP contribution in [0.1, 0.15) is 19.3 Å². The molecule has 0 aromatic rings. The largest absolute Gasteiger partial charge is 0.481 e. The van der Waals surface area contributed by atoms with Crippen LogP contribution in [0.15, 0.2) is 12.7 Å². The first kappa shape index (κ1) is 9.26. The number of hydrogen-bond donors (Lipinski definition) is 1. The minimum absolute atomic E-state index is 0.328. The molecule has 0 amide bonds. The van der Waals surface area contributed by atoms with E-state index in [9.17, 15) is 4.79 Å². The number of hydrogen-bond acceptors (Lipinski definition) is 2. The molecule has 0 aromatic carbocycles. The third-order valence-corrected chi connectivity index (χ3v) is 2.38. The van der Waals surface area contributed by atoms with Gasteiger partial charge in [0.05, 0.1) is 18.6 Å². The van der Waals surface area contributed by atoms with Crippen molar-refractivity contribution in [1.82, 2.24) is 0 Å². The van der Waals surface area contributed by atoms with Crippen molar-refractivity contribution in [3.05, 3.63) is 12.7 Å². The van der Waals surface area contributed by atoms with Crippen molar-refractivity contribution in [2.24, 2.45) is 5.41 Å². The fraction of sp³-hybridized carbons (Fsp3) is 0.667. The van der Waals surface area contributed by atoms with Gasteiger partial charge in [0.1, 0.15) is 0 Å². The zero-order valence-electron chi connectivity index (χ0n) is 7.08. The van der Waals surface area contributed by atoms with Crippen molar-refractivity contribution in [2.75, 3.05) is 13.2 Å². The Labute approximate surface area is 72.0 Å². The minimum atomic E-state index is -0.724. The lowest BCUT2D eigenvalue weighted by Gasteiger charge is -2.36. The van der Waals surface area contributed by atoms with E-state index in [0.717, 1.165) is 19.3 Å². The van der Waals surface area contributed by atoms with E-state index in [1.807, 2.05) is 0 Å². The molecule has 68 valence electrons. The molecule has 3 heteroatoms. The summed E-state index contributed by atoms with van der Waals surface area (Å²) in [6.45, 7) is 4.26. The van der Waals surface area contributed by atoms with E-state index in [-0.39, 0.29) is 0 Å². The summed E-state index contributed by atoms with van der Waals surface area (Å²) >= 11 is 0. The van der Waals surface area contributed by atoms with E-state index in [4.69, 9.17) is 9.84 Å². The fourth-order valence-corrected chi connectivity index (χ4v) is 1.36. The maximum Gasteiger partial charge on any atom is 0.311 e. The van der Waals surface area contributed by atoms with E-state index in [2.05, 4.69) is 6.58 Å². The average molecular weight is 170 g/mol. The first-order valence-corrected chi connectivity index (χ1v) is 4.13. The molecule has 0 heterocycles. The Bertz CT molecular complexity index is 182. The number of carboxylic acid groups (broad SMARTS) is 1. The third kappa shape index (κ3) is 1.67. The van der Waals surface area contributed by atoms with E-state index in [1.54, 1.807) is 6.08 Å². The van der Waals surface area contributed by atoms with Crippen molar-refractivity contribution in [3.63, 3.8) is 0 Å². The molecule has 12 heavy (non-hydrogen) atoms. The fourth-order valence-electron chi connectivity index (χ4n) is 1.36. The summed E-state index contributed by atoms with van der Waals surface area (Å²) in [7, 11) is 0. The zero-order valence-corrected chi connectivity index (χ0v) is 7.08. The molecule has 1 aliphatic carbocycles. The molecular formula is C9H14O3. The molecule has 0 radical (unpaired) electrons. The molecule has 1 rings (SSSR count). The van der Waals surface area contributed by atoms with Gasteiger partial charge in [-0.3, -0.25) is 4.79 Å². The number of carbonyl (C=O) groups is 1. The predicted molar refractivity (Wildman–Crippen MR) is 44.9 cm³/mol. The van der Waals surface area contributed by atoms with Crippen LogP contribution in [-0.4, -0.2) is 24.3 Å². The second-order valence-corrected chi connectivity index (χ2v) is 3.24. The van der Waals surface area contributed by atoms with Crippen LogP contribution < -0.4 is 0 Å². The van der Waals surface area contributed by atoms with Crippen LogP contribution in [0.4, 0.5) is 0 Å². The van der Waals surface area contributed by atoms with E-state index >= 15 is 0 Å². The summed E-state index contributed by atoms with van der Waals surface area (Å²) in [6, 6.07) is 0. The topological polar surface area (TPSA) is 46.5 Å². The molecule has 0 spiro atoms. The maximum atomic E-state index is 10.8. The van der Waals surface area contributed by atoms with Crippen molar-refractivity contribution < 1.29 is 14.6 Å². The Morgan fingerprint density at radius 2 is 2.33 bits per heavy atom. The highest BCUT2D eigenvalue weighted by atomic mass is 16.5.